The van der Waals surface area contributed by atoms with Crippen molar-refractivity contribution in [3.8, 4) is 0 Å². The second-order valence-corrected chi connectivity index (χ2v) is 3.68. The predicted octanol–water partition coefficient (Wildman–Crippen LogP) is 3.10. The number of ether oxygens (including phenoxy) is 1. The molecule has 0 spiro atoms. The Bertz CT molecular complexity index is 307. The third-order valence-corrected chi connectivity index (χ3v) is 2.46. The summed E-state index contributed by atoms with van der Waals surface area (Å²) in [4.78, 5) is 11.4. The lowest BCUT2D eigenvalue weighted by Crippen LogP contribution is -2.28. The van der Waals surface area contributed by atoms with Crippen LogP contribution in [-0.4, -0.2) is 12.2 Å². The van der Waals surface area contributed by atoms with Crippen LogP contribution < -0.4 is 5.32 Å². The van der Waals surface area contributed by atoms with Crippen molar-refractivity contribution in [2.24, 2.45) is 0 Å². The van der Waals surface area contributed by atoms with Crippen molar-refractivity contribution in [2.75, 3.05) is 0 Å². The summed E-state index contributed by atoms with van der Waals surface area (Å²) in [6, 6.07) is 9.79. The van der Waals surface area contributed by atoms with Gasteiger partial charge in [0.2, 0.25) is 0 Å². The minimum absolute atomic E-state index is 0.0239. The van der Waals surface area contributed by atoms with Gasteiger partial charge in [0.1, 0.15) is 6.10 Å². The number of alkyl carbamates (subject to hydrolysis) is 1. The molecule has 0 aromatic heterocycles. The second-order valence-electron chi connectivity index (χ2n) is 3.68. The molecule has 1 aromatic rings. The number of hydrogen-bond acceptors (Lipinski definition) is 2. The molecule has 0 aliphatic heterocycles. The molecule has 0 aliphatic rings. The lowest BCUT2D eigenvalue weighted by Gasteiger charge is -2.14. The SMILES string of the molecule is CCC(CC)OC(=O)NCc1ccccc1. The summed E-state index contributed by atoms with van der Waals surface area (Å²) in [7, 11) is 0. The number of rotatable bonds is 5. The Kier molecular flexibility index (Phi) is 5.40. The standard InChI is InChI=1S/C13H19NO2/c1-3-12(4-2)16-13(15)14-10-11-8-6-5-7-9-11/h5-9,12H,3-4,10H2,1-2H3,(H,14,15). The summed E-state index contributed by atoms with van der Waals surface area (Å²) in [6.45, 7) is 4.54. The van der Waals surface area contributed by atoms with E-state index < -0.39 is 0 Å². The van der Waals surface area contributed by atoms with Gasteiger partial charge in [-0.15, -0.1) is 0 Å². The van der Waals surface area contributed by atoms with Crippen LogP contribution in [0.15, 0.2) is 30.3 Å². The van der Waals surface area contributed by atoms with Gasteiger partial charge in [0.05, 0.1) is 0 Å². The highest BCUT2D eigenvalue weighted by Crippen LogP contribution is 2.03. The molecule has 1 rings (SSSR count). The zero-order valence-electron chi connectivity index (χ0n) is 9.90. The first-order chi connectivity index (χ1) is 7.76. The van der Waals surface area contributed by atoms with E-state index in [2.05, 4.69) is 5.32 Å². The van der Waals surface area contributed by atoms with Crippen molar-refractivity contribution in [2.45, 2.75) is 39.3 Å². The first-order valence-electron chi connectivity index (χ1n) is 5.74. The van der Waals surface area contributed by atoms with Gasteiger partial charge in [0, 0.05) is 6.54 Å². The largest absolute Gasteiger partial charge is 0.446 e. The van der Waals surface area contributed by atoms with Crippen molar-refractivity contribution in [1.29, 1.82) is 0 Å². The molecule has 0 bridgehead atoms. The van der Waals surface area contributed by atoms with E-state index in [-0.39, 0.29) is 12.2 Å². The Labute approximate surface area is 96.8 Å². The first kappa shape index (κ1) is 12.6. The highest BCUT2D eigenvalue weighted by atomic mass is 16.6. The van der Waals surface area contributed by atoms with Gasteiger partial charge >= 0.3 is 6.09 Å². The average molecular weight is 221 g/mol. The maximum Gasteiger partial charge on any atom is 0.407 e. The van der Waals surface area contributed by atoms with E-state index in [0.29, 0.717) is 6.54 Å². The van der Waals surface area contributed by atoms with Crippen molar-refractivity contribution < 1.29 is 9.53 Å². The molecular weight excluding hydrogens is 202 g/mol. The van der Waals surface area contributed by atoms with Gasteiger partial charge in [0.15, 0.2) is 0 Å². The third-order valence-electron chi connectivity index (χ3n) is 2.46. The molecule has 3 heteroatoms. The van der Waals surface area contributed by atoms with E-state index >= 15 is 0 Å². The van der Waals surface area contributed by atoms with Gasteiger partial charge in [-0.2, -0.15) is 0 Å². The highest BCUT2D eigenvalue weighted by molar-refractivity contribution is 5.67. The van der Waals surface area contributed by atoms with Crippen LogP contribution >= 0.6 is 0 Å². The molecular formula is C13H19NO2. The highest BCUT2D eigenvalue weighted by Gasteiger charge is 2.09. The topological polar surface area (TPSA) is 38.3 Å². The van der Waals surface area contributed by atoms with E-state index in [1.165, 1.54) is 0 Å². The van der Waals surface area contributed by atoms with Crippen LogP contribution in [0.25, 0.3) is 0 Å². The van der Waals surface area contributed by atoms with Crippen LogP contribution in [0.5, 0.6) is 0 Å². The van der Waals surface area contributed by atoms with Gasteiger partial charge in [-0.05, 0) is 18.4 Å². The normalized spacial score (nSPS) is 10.2. The molecule has 1 aromatic carbocycles. The van der Waals surface area contributed by atoms with Crippen LogP contribution in [0.3, 0.4) is 0 Å². The van der Waals surface area contributed by atoms with Gasteiger partial charge in [-0.1, -0.05) is 44.2 Å². The van der Waals surface area contributed by atoms with Crippen LogP contribution in [-0.2, 0) is 11.3 Å². The summed E-state index contributed by atoms with van der Waals surface area (Å²) >= 11 is 0. The Balaban J connectivity index is 2.30. The number of amides is 1. The molecule has 0 unspecified atom stereocenters. The van der Waals surface area contributed by atoms with E-state index in [0.717, 1.165) is 18.4 Å². The fourth-order valence-electron chi connectivity index (χ4n) is 1.42. The lowest BCUT2D eigenvalue weighted by atomic mass is 10.2. The molecule has 0 aliphatic carbocycles. The Morgan fingerprint density at radius 3 is 2.44 bits per heavy atom. The Hall–Kier alpha value is -1.51. The van der Waals surface area contributed by atoms with Crippen LogP contribution in [0.4, 0.5) is 4.79 Å². The monoisotopic (exact) mass is 221 g/mol. The molecule has 1 N–H and O–H groups in total. The van der Waals surface area contributed by atoms with Gasteiger partial charge in [0.25, 0.3) is 0 Å². The van der Waals surface area contributed by atoms with E-state index in [1.54, 1.807) is 0 Å². The van der Waals surface area contributed by atoms with Crippen LogP contribution in [0.2, 0.25) is 0 Å². The maximum atomic E-state index is 11.4. The average Bonchev–Trinajstić information content (AvgIpc) is 2.34. The quantitative estimate of drug-likeness (QED) is 0.829. The minimum atomic E-state index is -0.336. The fourth-order valence-corrected chi connectivity index (χ4v) is 1.42. The molecule has 1 amide bonds. The number of nitrogens with one attached hydrogen (secondary N) is 1. The molecule has 16 heavy (non-hydrogen) atoms. The molecule has 0 heterocycles. The van der Waals surface area contributed by atoms with Crippen LogP contribution in [0.1, 0.15) is 32.3 Å². The molecule has 88 valence electrons. The molecule has 0 fully saturated rings. The van der Waals surface area contributed by atoms with E-state index in [9.17, 15) is 4.79 Å². The predicted molar refractivity (Wildman–Crippen MR) is 64.1 cm³/mol. The third kappa shape index (κ3) is 4.34. The molecule has 3 nitrogen and oxygen atoms in total. The van der Waals surface area contributed by atoms with E-state index in [1.807, 2.05) is 44.2 Å². The van der Waals surface area contributed by atoms with Crippen LogP contribution in [0, 0.1) is 0 Å². The number of hydrogen-bond donors (Lipinski definition) is 1. The molecule has 0 saturated heterocycles. The fraction of sp³-hybridized carbons (Fsp3) is 0.462. The second kappa shape index (κ2) is 6.88. The van der Waals surface area contributed by atoms with Crippen molar-refractivity contribution in [1.82, 2.24) is 5.32 Å². The van der Waals surface area contributed by atoms with Gasteiger partial charge in [-0.25, -0.2) is 4.79 Å². The summed E-state index contributed by atoms with van der Waals surface area (Å²) in [6.07, 6.45) is 1.40. The first-order valence-corrected chi connectivity index (χ1v) is 5.74. The van der Waals surface area contributed by atoms with Gasteiger partial charge in [-0.3, -0.25) is 0 Å². The smallest absolute Gasteiger partial charge is 0.407 e. The number of benzene rings is 1. The zero-order chi connectivity index (χ0) is 11.8. The summed E-state index contributed by atoms with van der Waals surface area (Å²) in [5.74, 6) is 0. The minimum Gasteiger partial charge on any atom is -0.446 e. The Morgan fingerprint density at radius 2 is 1.88 bits per heavy atom. The summed E-state index contributed by atoms with van der Waals surface area (Å²) < 4.78 is 5.22. The van der Waals surface area contributed by atoms with E-state index in [4.69, 9.17) is 4.74 Å². The van der Waals surface area contributed by atoms with Gasteiger partial charge < -0.3 is 10.1 Å². The molecule has 0 radical (unpaired) electrons. The summed E-state index contributed by atoms with van der Waals surface area (Å²) in [5.41, 5.74) is 1.07. The van der Waals surface area contributed by atoms with Crippen molar-refractivity contribution >= 4 is 6.09 Å². The molecule has 0 saturated carbocycles. The Morgan fingerprint density at radius 1 is 1.25 bits per heavy atom. The number of carbonyl (C=O) groups is 1. The number of carbonyl (C=O) groups excluding carboxylic acids is 1. The van der Waals surface area contributed by atoms with Crippen molar-refractivity contribution in [3.63, 3.8) is 0 Å². The zero-order valence-corrected chi connectivity index (χ0v) is 9.90. The molecule has 0 atom stereocenters. The lowest BCUT2D eigenvalue weighted by molar-refractivity contribution is 0.0926. The van der Waals surface area contributed by atoms with Crippen molar-refractivity contribution in [3.05, 3.63) is 35.9 Å². The summed E-state index contributed by atoms with van der Waals surface area (Å²) in [5, 5.41) is 2.74. The maximum absolute atomic E-state index is 11.4.